The maximum absolute atomic E-state index is 5.79. The Labute approximate surface area is 104 Å². The SMILES string of the molecule is COc1cc(-c2noc(C(C)C(C)N)n2)ncn1. The summed E-state index contributed by atoms with van der Waals surface area (Å²) in [6.07, 6.45) is 1.39. The Morgan fingerprint density at radius 1 is 1.33 bits per heavy atom. The van der Waals surface area contributed by atoms with Crippen molar-refractivity contribution in [3.05, 3.63) is 18.3 Å². The minimum Gasteiger partial charge on any atom is -0.481 e. The lowest BCUT2D eigenvalue weighted by atomic mass is 10.1. The van der Waals surface area contributed by atoms with Crippen molar-refractivity contribution in [1.29, 1.82) is 0 Å². The zero-order valence-corrected chi connectivity index (χ0v) is 10.5. The van der Waals surface area contributed by atoms with Crippen molar-refractivity contribution in [3.63, 3.8) is 0 Å². The second kappa shape index (κ2) is 5.09. The van der Waals surface area contributed by atoms with Gasteiger partial charge in [-0.2, -0.15) is 4.98 Å². The largest absolute Gasteiger partial charge is 0.481 e. The lowest BCUT2D eigenvalue weighted by Crippen LogP contribution is -2.22. The fourth-order valence-electron chi connectivity index (χ4n) is 1.32. The van der Waals surface area contributed by atoms with E-state index in [0.29, 0.717) is 23.3 Å². The molecule has 2 N–H and O–H groups in total. The highest BCUT2D eigenvalue weighted by Crippen LogP contribution is 2.21. The zero-order chi connectivity index (χ0) is 13.1. The molecule has 0 aliphatic rings. The maximum atomic E-state index is 5.79. The van der Waals surface area contributed by atoms with Gasteiger partial charge in [0.2, 0.25) is 17.6 Å². The fourth-order valence-corrected chi connectivity index (χ4v) is 1.32. The molecule has 0 saturated heterocycles. The van der Waals surface area contributed by atoms with Gasteiger partial charge in [-0.25, -0.2) is 9.97 Å². The second-order valence-corrected chi connectivity index (χ2v) is 4.05. The van der Waals surface area contributed by atoms with Crippen molar-refractivity contribution in [3.8, 4) is 17.4 Å². The van der Waals surface area contributed by atoms with Gasteiger partial charge in [0.25, 0.3) is 0 Å². The van der Waals surface area contributed by atoms with Crippen LogP contribution in [0, 0.1) is 0 Å². The van der Waals surface area contributed by atoms with E-state index in [9.17, 15) is 0 Å². The summed E-state index contributed by atoms with van der Waals surface area (Å²) in [6, 6.07) is 1.59. The molecule has 0 radical (unpaired) electrons. The summed E-state index contributed by atoms with van der Waals surface area (Å²) in [5.41, 5.74) is 6.34. The molecule has 0 aliphatic carbocycles. The van der Waals surface area contributed by atoms with Crippen LogP contribution < -0.4 is 10.5 Å². The van der Waals surface area contributed by atoms with Crippen molar-refractivity contribution in [2.45, 2.75) is 25.8 Å². The Hall–Kier alpha value is -2.02. The van der Waals surface area contributed by atoms with Gasteiger partial charge in [0.15, 0.2) is 0 Å². The van der Waals surface area contributed by atoms with Crippen LogP contribution in [0.25, 0.3) is 11.5 Å². The third kappa shape index (κ3) is 2.45. The van der Waals surface area contributed by atoms with Crippen LogP contribution >= 0.6 is 0 Å². The van der Waals surface area contributed by atoms with Crippen LogP contribution in [0.1, 0.15) is 25.7 Å². The van der Waals surface area contributed by atoms with Crippen molar-refractivity contribution >= 4 is 0 Å². The fraction of sp³-hybridized carbons (Fsp3) is 0.455. The molecule has 0 fully saturated rings. The Morgan fingerprint density at radius 2 is 2.11 bits per heavy atom. The van der Waals surface area contributed by atoms with Crippen LogP contribution in [0.2, 0.25) is 0 Å². The second-order valence-electron chi connectivity index (χ2n) is 4.05. The van der Waals surface area contributed by atoms with E-state index in [4.69, 9.17) is 15.0 Å². The lowest BCUT2D eigenvalue weighted by Gasteiger charge is -2.09. The quantitative estimate of drug-likeness (QED) is 0.862. The third-order valence-electron chi connectivity index (χ3n) is 2.70. The van der Waals surface area contributed by atoms with Gasteiger partial charge in [-0.15, -0.1) is 0 Å². The molecule has 0 aliphatic heterocycles. The molecule has 2 aromatic heterocycles. The number of aromatic nitrogens is 4. The van der Waals surface area contributed by atoms with Crippen LogP contribution in [0.3, 0.4) is 0 Å². The van der Waals surface area contributed by atoms with Crippen LogP contribution in [-0.2, 0) is 0 Å². The molecule has 0 bridgehead atoms. The standard InChI is InChI=1S/C11H15N5O2/c1-6(7(2)12)11-15-10(16-18-11)8-4-9(17-3)14-5-13-8/h4-7H,12H2,1-3H3. The topological polar surface area (TPSA) is 100.0 Å². The molecule has 0 amide bonds. The van der Waals surface area contributed by atoms with E-state index >= 15 is 0 Å². The zero-order valence-electron chi connectivity index (χ0n) is 10.5. The molecule has 2 heterocycles. The monoisotopic (exact) mass is 249 g/mol. The van der Waals surface area contributed by atoms with Crippen LogP contribution in [0.15, 0.2) is 16.9 Å². The molecule has 96 valence electrons. The minimum absolute atomic E-state index is 0.00465. The van der Waals surface area contributed by atoms with Crippen LogP contribution in [0.4, 0.5) is 0 Å². The van der Waals surface area contributed by atoms with Gasteiger partial charge in [0, 0.05) is 12.1 Å². The summed E-state index contributed by atoms with van der Waals surface area (Å²) in [7, 11) is 1.53. The molecule has 7 heteroatoms. The molecular formula is C11H15N5O2. The summed E-state index contributed by atoms with van der Waals surface area (Å²) in [4.78, 5) is 12.3. The summed E-state index contributed by atoms with van der Waals surface area (Å²) < 4.78 is 10.2. The molecule has 0 spiro atoms. The van der Waals surface area contributed by atoms with E-state index in [1.54, 1.807) is 6.07 Å². The average Bonchev–Trinajstić information content (AvgIpc) is 2.87. The normalized spacial score (nSPS) is 14.2. The Bertz CT molecular complexity index is 526. The van der Waals surface area contributed by atoms with Crippen molar-refractivity contribution in [1.82, 2.24) is 20.1 Å². The van der Waals surface area contributed by atoms with E-state index in [0.717, 1.165) is 0 Å². The molecule has 0 saturated carbocycles. The number of nitrogens with zero attached hydrogens (tertiary/aromatic N) is 4. The number of ether oxygens (including phenoxy) is 1. The smallest absolute Gasteiger partial charge is 0.231 e. The molecular weight excluding hydrogens is 234 g/mol. The van der Waals surface area contributed by atoms with Gasteiger partial charge in [0.1, 0.15) is 12.0 Å². The first-order chi connectivity index (χ1) is 8.61. The number of hydrogen-bond acceptors (Lipinski definition) is 7. The molecule has 2 atom stereocenters. The Kier molecular flexibility index (Phi) is 3.52. The van der Waals surface area contributed by atoms with E-state index < -0.39 is 0 Å². The molecule has 7 nitrogen and oxygen atoms in total. The molecule has 18 heavy (non-hydrogen) atoms. The van der Waals surface area contributed by atoms with Gasteiger partial charge in [-0.05, 0) is 6.92 Å². The first-order valence-corrected chi connectivity index (χ1v) is 5.57. The van der Waals surface area contributed by atoms with Crippen LogP contribution in [0.5, 0.6) is 5.88 Å². The van der Waals surface area contributed by atoms with Crippen molar-refractivity contribution in [2.24, 2.45) is 5.73 Å². The summed E-state index contributed by atoms with van der Waals surface area (Å²) in [6.45, 7) is 3.82. The van der Waals surface area contributed by atoms with E-state index in [1.807, 2.05) is 13.8 Å². The third-order valence-corrected chi connectivity index (χ3v) is 2.70. The summed E-state index contributed by atoms with van der Waals surface area (Å²) in [5, 5.41) is 3.88. The van der Waals surface area contributed by atoms with Crippen LogP contribution in [-0.4, -0.2) is 33.3 Å². The highest BCUT2D eigenvalue weighted by Gasteiger charge is 2.19. The van der Waals surface area contributed by atoms with Gasteiger partial charge in [0.05, 0.1) is 13.0 Å². The Morgan fingerprint density at radius 3 is 2.78 bits per heavy atom. The predicted octanol–water partition coefficient (Wildman–Crippen LogP) is 0.986. The predicted molar refractivity (Wildman–Crippen MR) is 63.9 cm³/mol. The first-order valence-electron chi connectivity index (χ1n) is 5.57. The summed E-state index contributed by atoms with van der Waals surface area (Å²) in [5.74, 6) is 1.34. The molecule has 2 aromatic rings. The van der Waals surface area contributed by atoms with Gasteiger partial charge >= 0.3 is 0 Å². The first kappa shape index (κ1) is 12.4. The summed E-state index contributed by atoms with van der Waals surface area (Å²) >= 11 is 0. The minimum atomic E-state index is -0.0572. The van der Waals surface area contributed by atoms with Gasteiger partial charge in [-0.1, -0.05) is 12.1 Å². The Balaban J connectivity index is 2.29. The van der Waals surface area contributed by atoms with Crippen molar-refractivity contribution in [2.75, 3.05) is 7.11 Å². The number of hydrogen-bond donors (Lipinski definition) is 1. The average molecular weight is 249 g/mol. The molecule has 2 unspecified atom stereocenters. The highest BCUT2D eigenvalue weighted by atomic mass is 16.5. The van der Waals surface area contributed by atoms with E-state index in [1.165, 1.54) is 13.4 Å². The van der Waals surface area contributed by atoms with E-state index in [2.05, 4.69) is 20.1 Å². The molecule has 2 rings (SSSR count). The number of rotatable bonds is 4. The van der Waals surface area contributed by atoms with Gasteiger partial charge in [-0.3, -0.25) is 0 Å². The molecule has 0 aromatic carbocycles. The van der Waals surface area contributed by atoms with E-state index in [-0.39, 0.29) is 12.0 Å². The van der Waals surface area contributed by atoms with Crippen molar-refractivity contribution < 1.29 is 9.26 Å². The lowest BCUT2D eigenvalue weighted by molar-refractivity contribution is 0.346. The van der Waals surface area contributed by atoms with Gasteiger partial charge < -0.3 is 15.0 Å². The maximum Gasteiger partial charge on any atom is 0.231 e. The highest BCUT2D eigenvalue weighted by molar-refractivity contribution is 5.49. The number of nitrogens with two attached hydrogens (primary N) is 1. The number of methoxy groups -OCH3 is 1.